The summed E-state index contributed by atoms with van der Waals surface area (Å²) in [5.74, 6) is 0.562. The maximum absolute atomic E-state index is 12.7. The van der Waals surface area contributed by atoms with Crippen LogP contribution in [0.5, 0.6) is 5.75 Å². The number of rotatable bonds is 6. The van der Waals surface area contributed by atoms with Crippen LogP contribution < -0.4 is 9.46 Å². The summed E-state index contributed by atoms with van der Waals surface area (Å²) in [5, 5.41) is 0. The third kappa shape index (κ3) is 4.88. The molecule has 2 heterocycles. The smallest absolute Gasteiger partial charge is 0.272 e. The van der Waals surface area contributed by atoms with Crippen molar-refractivity contribution in [3.05, 3.63) is 53.9 Å². The number of carbonyl (C=O) groups excluding carboxylic acids is 1. The van der Waals surface area contributed by atoms with Gasteiger partial charge >= 0.3 is 0 Å². The van der Waals surface area contributed by atoms with Crippen LogP contribution in [0, 0.1) is 12.8 Å². The second kappa shape index (κ2) is 8.70. The van der Waals surface area contributed by atoms with E-state index in [4.69, 9.17) is 4.74 Å². The molecule has 28 heavy (non-hydrogen) atoms. The van der Waals surface area contributed by atoms with Crippen molar-refractivity contribution in [2.75, 3.05) is 26.7 Å². The molecule has 1 saturated heterocycles. The van der Waals surface area contributed by atoms with Crippen LogP contribution in [-0.2, 0) is 10.0 Å². The van der Waals surface area contributed by atoms with Gasteiger partial charge in [-0.25, -0.2) is 18.1 Å². The van der Waals surface area contributed by atoms with Crippen LogP contribution in [0.15, 0.2) is 47.4 Å². The zero-order valence-electron chi connectivity index (χ0n) is 16.1. The van der Waals surface area contributed by atoms with Gasteiger partial charge in [0.2, 0.25) is 10.0 Å². The van der Waals surface area contributed by atoms with Crippen LogP contribution in [0.4, 0.5) is 0 Å². The number of aryl methyl sites for hydroxylation is 1. The summed E-state index contributed by atoms with van der Waals surface area (Å²) in [6, 6.07) is 11.6. The lowest BCUT2D eigenvalue weighted by Crippen LogP contribution is -2.44. The number of hydrogen-bond donors (Lipinski definition) is 1. The zero-order chi connectivity index (χ0) is 20.1. The lowest BCUT2D eigenvalue weighted by molar-refractivity contribution is 0.0670. The van der Waals surface area contributed by atoms with E-state index < -0.39 is 10.0 Å². The average molecular weight is 404 g/mol. The Kier molecular flexibility index (Phi) is 6.31. The first kappa shape index (κ1) is 20.3. The third-order valence-corrected chi connectivity index (χ3v) is 6.28. The first-order valence-corrected chi connectivity index (χ1v) is 10.7. The molecule has 3 rings (SSSR count). The Morgan fingerprint density at radius 2 is 2.00 bits per heavy atom. The molecule has 8 heteroatoms. The van der Waals surface area contributed by atoms with Gasteiger partial charge < -0.3 is 9.64 Å². The fourth-order valence-corrected chi connectivity index (χ4v) is 4.42. The third-order valence-electron chi connectivity index (χ3n) is 4.85. The van der Waals surface area contributed by atoms with Gasteiger partial charge in [0, 0.05) is 25.3 Å². The second-order valence-electron chi connectivity index (χ2n) is 6.95. The van der Waals surface area contributed by atoms with Crippen LogP contribution in [-0.4, -0.2) is 51.0 Å². The first-order valence-electron chi connectivity index (χ1n) is 9.26. The van der Waals surface area contributed by atoms with Crippen LogP contribution in [0.2, 0.25) is 0 Å². The van der Waals surface area contributed by atoms with E-state index in [-0.39, 0.29) is 16.7 Å². The molecule has 1 aliphatic heterocycles. The molecule has 150 valence electrons. The average Bonchev–Trinajstić information content (AvgIpc) is 2.72. The number of hydrogen-bond acceptors (Lipinski definition) is 5. The zero-order valence-corrected chi connectivity index (χ0v) is 16.9. The molecule has 1 aromatic carbocycles. The summed E-state index contributed by atoms with van der Waals surface area (Å²) in [6.07, 6.45) is 1.71. The molecule has 0 aliphatic carbocycles. The minimum absolute atomic E-state index is 0.0653. The molecule has 7 nitrogen and oxygen atoms in total. The van der Waals surface area contributed by atoms with Gasteiger partial charge in [-0.2, -0.15) is 0 Å². The summed E-state index contributed by atoms with van der Waals surface area (Å²) < 4.78 is 32.7. The van der Waals surface area contributed by atoms with Gasteiger partial charge in [0.25, 0.3) is 5.91 Å². The Labute approximate surface area is 165 Å². The number of nitrogens with one attached hydrogen (secondary N) is 1. The molecule has 0 radical (unpaired) electrons. The number of aromatic nitrogens is 1. The van der Waals surface area contributed by atoms with Gasteiger partial charge in [-0.1, -0.05) is 6.07 Å². The van der Waals surface area contributed by atoms with Gasteiger partial charge in [0.15, 0.2) is 0 Å². The highest BCUT2D eigenvalue weighted by atomic mass is 32.2. The van der Waals surface area contributed by atoms with Crippen LogP contribution in [0.1, 0.15) is 29.0 Å². The molecule has 1 atom stereocenters. The van der Waals surface area contributed by atoms with E-state index in [0.29, 0.717) is 31.1 Å². The standard InChI is InChI=1S/C20H25N3O4S/c1-15-5-3-7-19(22-15)20(24)23-12-4-6-16(14-23)13-21-28(25,26)18-10-8-17(27-2)9-11-18/h3,5,7-11,16,21H,4,6,12-14H2,1-2H3/t16-/m1/s1. The van der Waals surface area contributed by atoms with E-state index in [1.807, 2.05) is 19.1 Å². The molecule has 0 spiro atoms. The fraction of sp³-hybridized carbons (Fsp3) is 0.400. The van der Waals surface area contributed by atoms with E-state index in [2.05, 4.69) is 9.71 Å². The van der Waals surface area contributed by atoms with E-state index in [1.165, 1.54) is 19.2 Å². The monoisotopic (exact) mass is 403 g/mol. The van der Waals surface area contributed by atoms with Gasteiger partial charge in [-0.3, -0.25) is 4.79 Å². The summed E-state index contributed by atoms with van der Waals surface area (Å²) in [6.45, 7) is 3.32. The SMILES string of the molecule is COc1ccc(S(=O)(=O)NC[C@H]2CCCN(C(=O)c3cccc(C)n3)C2)cc1. The minimum Gasteiger partial charge on any atom is -0.497 e. The number of ether oxygens (including phenoxy) is 1. The molecular weight excluding hydrogens is 378 g/mol. The van der Waals surface area contributed by atoms with Gasteiger partial charge in [-0.15, -0.1) is 0 Å². The lowest BCUT2D eigenvalue weighted by Gasteiger charge is -2.32. The fourth-order valence-electron chi connectivity index (χ4n) is 3.31. The second-order valence-corrected chi connectivity index (χ2v) is 8.72. The van der Waals surface area contributed by atoms with Crippen LogP contribution in [0.25, 0.3) is 0 Å². The number of sulfonamides is 1. The summed E-state index contributed by atoms with van der Waals surface area (Å²) in [4.78, 5) is 18.9. The Morgan fingerprint density at radius 3 is 2.68 bits per heavy atom. The summed E-state index contributed by atoms with van der Waals surface area (Å²) in [5.41, 5.74) is 1.23. The van der Waals surface area contributed by atoms with Crippen molar-refractivity contribution >= 4 is 15.9 Å². The number of pyridine rings is 1. The quantitative estimate of drug-likeness (QED) is 0.799. The topological polar surface area (TPSA) is 88.6 Å². The summed E-state index contributed by atoms with van der Waals surface area (Å²) in [7, 11) is -2.07. The van der Waals surface area contributed by atoms with Crippen LogP contribution >= 0.6 is 0 Å². The Balaban J connectivity index is 1.60. The van der Waals surface area contributed by atoms with Crippen molar-refractivity contribution in [3.63, 3.8) is 0 Å². The molecule has 1 fully saturated rings. The van der Waals surface area contributed by atoms with Crippen LogP contribution in [0.3, 0.4) is 0 Å². The number of carbonyl (C=O) groups is 1. The highest BCUT2D eigenvalue weighted by Crippen LogP contribution is 2.20. The molecule has 0 saturated carbocycles. The number of methoxy groups -OCH3 is 1. The number of amides is 1. The van der Waals surface area contributed by atoms with Gasteiger partial charge in [0.1, 0.15) is 11.4 Å². The van der Waals surface area contributed by atoms with Crippen molar-refractivity contribution in [2.24, 2.45) is 5.92 Å². The molecule has 0 unspecified atom stereocenters. The molecular formula is C20H25N3O4S. The highest BCUT2D eigenvalue weighted by Gasteiger charge is 2.26. The van der Waals surface area contributed by atoms with Crippen molar-refractivity contribution in [1.29, 1.82) is 0 Å². The first-order chi connectivity index (χ1) is 13.4. The highest BCUT2D eigenvalue weighted by molar-refractivity contribution is 7.89. The van der Waals surface area contributed by atoms with Gasteiger partial charge in [0.05, 0.1) is 12.0 Å². The van der Waals surface area contributed by atoms with E-state index in [0.717, 1.165) is 18.5 Å². The van der Waals surface area contributed by atoms with E-state index in [1.54, 1.807) is 23.1 Å². The number of benzene rings is 1. The van der Waals surface area contributed by atoms with Crippen molar-refractivity contribution < 1.29 is 17.9 Å². The van der Waals surface area contributed by atoms with E-state index >= 15 is 0 Å². The number of likely N-dealkylation sites (tertiary alicyclic amines) is 1. The minimum atomic E-state index is -3.60. The Hall–Kier alpha value is -2.45. The number of nitrogens with zero attached hydrogens (tertiary/aromatic N) is 2. The van der Waals surface area contributed by atoms with Crippen molar-refractivity contribution in [3.8, 4) is 5.75 Å². The predicted molar refractivity (Wildman–Crippen MR) is 106 cm³/mol. The molecule has 1 aromatic heterocycles. The Bertz CT molecular complexity index is 929. The molecule has 1 amide bonds. The molecule has 2 aromatic rings. The summed E-state index contributed by atoms with van der Waals surface area (Å²) >= 11 is 0. The van der Waals surface area contributed by atoms with Gasteiger partial charge in [-0.05, 0) is 62.1 Å². The van der Waals surface area contributed by atoms with Crippen molar-refractivity contribution in [1.82, 2.24) is 14.6 Å². The number of piperidine rings is 1. The maximum atomic E-state index is 12.7. The normalized spacial score (nSPS) is 17.4. The molecule has 1 N–H and O–H groups in total. The molecule has 0 bridgehead atoms. The molecule has 1 aliphatic rings. The predicted octanol–water partition coefficient (Wildman–Crippen LogP) is 2.23. The maximum Gasteiger partial charge on any atom is 0.272 e. The Morgan fingerprint density at radius 1 is 1.25 bits per heavy atom. The lowest BCUT2D eigenvalue weighted by atomic mass is 9.98. The van der Waals surface area contributed by atoms with Crippen molar-refractivity contribution in [2.45, 2.75) is 24.7 Å². The van der Waals surface area contributed by atoms with E-state index in [9.17, 15) is 13.2 Å². The largest absolute Gasteiger partial charge is 0.497 e.